The van der Waals surface area contributed by atoms with Crippen LogP contribution in [0.3, 0.4) is 0 Å². The second-order valence-electron chi connectivity index (χ2n) is 3.94. The van der Waals surface area contributed by atoms with E-state index < -0.39 is 0 Å². The standard InChI is InChI=1S/C13H21NO3/c1-9(10(2)15-3)14-11-6-7-12(16-4)13(8-11)17-5/h6-10,14H,1-5H3. The van der Waals surface area contributed by atoms with Crippen LogP contribution in [0, 0.1) is 0 Å². The van der Waals surface area contributed by atoms with Crippen molar-refractivity contribution in [3.05, 3.63) is 18.2 Å². The molecule has 0 heterocycles. The second-order valence-corrected chi connectivity index (χ2v) is 3.94. The summed E-state index contributed by atoms with van der Waals surface area (Å²) >= 11 is 0. The number of hydrogen-bond donors (Lipinski definition) is 1. The average molecular weight is 239 g/mol. The molecule has 1 N–H and O–H groups in total. The molecule has 0 amide bonds. The summed E-state index contributed by atoms with van der Waals surface area (Å²) in [6.07, 6.45) is 0.142. The molecule has 1 aromatic carbocycles. The Bertz CT molecular complexity index is 355. The number of benzene rings is 1. The van der Waals surface area contributed by atoms with Crippen molar-refractivity contribution < 1.29 is 14.2 Å². The lowest BCUT2D eigenvalue weighted by Gasteiger charge is -2.21. The molecule has 4 nitrogen and oxygen atoms in total. The van der Waals surface area contributed by atoms with E-state index in [1.165, 1.54) is 0 Å². The lowest BCUT2D eigenvalue weighted by molar-refractivity contribution is 0.106. The van der Waals surface area contributed by atoms with E-state index in [4.69, 9.17) is 14.2 Å². The maximum absolute atomic E-state index is 5.27. The Morgan fingerprint density at radius 1 is 1.00 bits per heavy atom. The third kappa shape index (κ3) is 3.53. The van der Waals surface area contributed by atoms with Gasteiger partial charge in [-0.1, -0.05) is 0 Å². The summed E-state index contributed by atoms with van der Waals surface area (Å²) in [5.74, 6) is 1.44. The van der Waals surface area contributed by atoms with Crippen molar-refractivity contribution in [1.29, 1.82) is 0 Å². The molecule has 0 aliphatic carbocycles. The second kappa shape index (κ2) is 6.35. The van der Waals surface area contributed by atoms with E-state index in [1.807, 2.05) is 25.1 Å². The van der Waals surface area contributed by atoms with Crippen LogP contribution in [0.25, 0.3) is 0 Å². The molecule has 2 atom stereocenters. The maximum Gasteiger partial charge on any atom is 0.162 e. The quantitative estimate of drug-likeness (QED) is 0.828. The number of anilines is 1. The van der Waals surface area contributed by atoms with E-state index in [0.717, 1.165) is 17.2 Å². The highest BCUT2D eigenvalue weighted by molar-refractivity contribution is 5.55. The molecule has 0 aromatic heterocycles. The maximum atomic E-state index is 5.27. The predicted octanol–water partition coefficient (Wildman–Crippen LogP) is 2.54. The van der Waals surface area contributed by atoms with Crippen molar-refractivity contribution >= 4 is 5.69 Å². The summed E-state index contributed by atoms with van der Waals surface area (Å²) in [4.78, 5) is 0. The van der Waals surface area contributed by atoms with Gasteiger partial charge in [0.2, 0.25) is 0 Å². The molecule has 0 aliphatic heterocycles. The summed E-state index contributed by atoms with van der Waals surface area (Å²) in [6.45, 7) is 4.10. The van der Waals surface area contributed by atoms with Crippen LogP contribution in [0.2, 0.25) is 0 Å². The normalized spacial score (nSPS) is 13.9. The van der Waals surface area contributed by atoms with Gasteiger partial charge in [0.15, 0.2) is 11.5 Å². The van der Waals surface area contributed by atoms with Gasteiger partial charge in [0.25, 0.3) is 0 Å². The smallest absolute Gasteiger partial charge is 0.162 e. The van der Waals surface area contributed by atoms with Crippen molar-refractivity contribution in [2.24, 2.45) is 0 Å². The van der Waals surface area contributed by atoms with Crippen molar-refractivity contribution in [2.45, 2.75) is 26.0 Å². The van der Waals surface area contributed by atoms with Crippen molar-refractivity contribution in [3.8, 4) is 11.5 Å². The molecule has 1 rings (SSSR count). The monoisotopic (exact) mass is 239 g/mol. The number of hydrogen-bond acceptors (Lipinski definition) is 4. The third-order valence-electron chi connectivity index (χ3n) is 2.85. The Morgan fingerprint density at radius 2 is 1.65 bits per heavy atom. The molecule has 4 heteroatoms. The first-order valence-electron chi connectivity index (χ1n) is 5.63. The Labute approximate surface area is 103 Å². The predicted molar refractivity (Wildman–Crippen MR) is 69.1 cm³/mol. The lowest BCUT2D eigenvalue weighted by atomic mass is 10.2. The van der Waals surface area contributed by atoms with Crippen LogP contribution in [0.15, 0.2) is 18.2 Å². The summed E-state index contributed by atoms with van der Waals surface area (Å²) in [7, 11) is 4.96. The van der Waals surface area contributed by atoms with Crippen LogP contribution in [-0.4, -0.2) is 33.5 Å². The molecule has 0 spiro atoms. The minimum absolute atomic E-state index is 0.142. The first-order valence-corrected chi connectivity index (χ1v) is 5.63. The number of ether oxygens (including phenoxy) is 3. The zero-order valence-electron chi connectivity index (χ0n) is 11.1. The van der Waals surface area contributed by atoms with Crippen LogP contribution in [0.5, 0.6) is 11.5 Å². The largest absolute Gasteiger partial charge is 0.493 e. The van der Waals surface area contributed by atoms with Gasteiger partial charge >= 0.3 is 0 Å². The SMILES string of the molecule is COc1ccc(NC(C)C(C)OC)cc1OC. The number of methoxy groups -OCH3 is 3. The fraction of sp³-hybridized carbons (Fsp3) is 0.538. The molecule has 1 aromatic rings. The van der Waals surface area contributed by atoms with Gasteiger partial charge in [0, 0.05) is 24.9 Å². The summed E-state index contributed by atoms with van der Waals surface area (Å²) in [6, 6.07) is 5.97. The molecule has 0 aliphatic rings. The Morgan fingerprint density at radius 3 is 2.18 bits per heavy atom. The highest BCUT2D eigenvalue weighted by atomic mass is 16.5. The van der Waals surface area contributed by atoms with E-state index >= 15 is 0 Å². The molecule has 2 unspecified atom stereocenters. The molecule has 96 valence electrons. The molecular weight excluding hydrogens is 218 g/mol. The van der Waals surface area contributed by atoms with Crippen molar-refractivity contribution in [1.82, 2.24) is 0 Å². The topological polar surface area (TPSA) is 39.7 Å². The summed E-state index contributed by atoms with van der Waals surface area (Å²) < 4.78 is 15.7. The van der Waals surface area contributed by atoms with Gasteiger partial charge in [0.1, 0.15) is 0 Å². The minimum Gasteiger partial charge on any atom is -0.493 e. The Kier molecular flexibility index (Phi) is 5.10. The van der Waals surface area contributed by atoms with E-state index in [-0.39, 0.29) is 12.1 Å². The first kappa shape index (κ1) is 13.6. The number of nitrogens with one attached hydrogen (secondary N) is 1. The zero-order valence-corrected chi connectivity index (χ0v) is 11.1. The first-order chi connectivity index (χ1) is 8.12. The van der Waals surface area contributed by atoms with Gasteiger partial charge in [-0.2, -0.15) is 0 Å². The Hall–Kier alpha value is -1.42. The molecule has 0 bridgehead atoms. The van der Waals surface area contributed by atoms with Crippen LogP contribution < -0.4 is 14.8 Å². The fourth-order valence-electron chi connectivity index (χ4n) is 1.51. The van der Waals surface area contributed by atoms with Crippen LogP contribution in [0.4, 0.5) is 5.69 Å². The van der Waals surface area contributed by atoms with Gasteiger partial charge in [-0.05, 0) is 26.0 Å². The van der Waals surface area contributed by atoms with Gasteiger partial charge in [-0.25, -0.2) is 0 Å². The molecule has 0 fully saturated rings. The Balaban J connectivity index is 2.78. The molecule has 17 heavy (non-hydrogen) atoms. The highest BCUT2D eigenvalue weighted by Crippen LogP contribution is 2.30. The summed E-state index contributed by atoms with van der Waals surface area (Å²) in [5.41, 5.74) is 0.985. The fourth-order valence-corrected chi connectivity index (χ4v) is 1.51. The van der Waals surface area contributed by atoms with E-state index in [9.17, 15) is 0 Å². The van der Waals surface area contributed by atoms with E-state index in [0.29, 0.717) is 0 Å². The molecule has 0 saturated carbocycles. The minimum atomic E-state index is 0.142. The number of rotatable bonds is 6. The lowest BCUT2D eigenvalue weighted by Crippen LogP contribution is -2.29. The van der Waals surface area contributed by atoms with E-state index in [1.54, 1.807) is 21.3 Å². The van der Waals surface area contributed by atoms with Crippen LogP contribution in [-0.2, 0) is 4.74 Å². The summed E-state index contributed by atoms with van der Waals surface area (Å²) in [5, 5.41) is 3.36. The molecule has 0 radical (unpaired) electrons. The van der Waals surface area contributed by atoms with Gasteiger partial charge in [-0.15, -0.1) is 0 Å². The zero-order chi connectivity index (χ0) is 12.8. The third-order valence-corrected chi connectivity index (χ3v) is 2.85. The van der Waals surface area contributed by atoms with Gasteiger partial charge in [-0.3, -0.25) is 0 Å². The average Bonchev–Trinajstić information content (AvgIpc) is 2.37. The molecule has 0 saturated heterocycles. The highest BCUT2D eigenvalue weighted by Gasteiger charge is 2.12. The van der Waals surface area contributed by atoms with Crippen LogP contribution >= 0.6 is 0 Å². The van der Waals surface area contributed by atoms with Crippen molar-refractivity contribution in [2.75, 3.05) is 26.6 Å². The van der Waals surface area contributed by atoms with E-state index in [2.05, 4.69) is 12.2 Å². The van der Waals surface area contributed by atoms with Gasteiger partial charge < -0.3 is 19.5 Å². The van der Waals surface area contributed by atoms with Crippen LogP contribution in [0.1, 0.15) is 13.8 Å². The molecular formula is C13H21NO3. The van der Waals surface area contributed by atoms with Gasteiger partial charge in [0.05, 0.1) is 20.3 Å². The van der Waals surface area contributed by atoms with Crippen molar-refractivity contribution in [3.63, 3.8) is 0 Å².